The quantitative estimate of drug-likeness (QED) is 0.865. The number of carbonyl (C=O) groups is 2. The highest BCUT2D eigenvalue weighted by atomic mass is 32.2. The molecule has 114 valence electrons. The minimum Gasteiger partial charge on any atom is -0.340 e. The third kappa shape index (κ3) is 2.34. The van der Waals surface area contributed by atoms with Crippen molar-refractivity contribution in [2.24, 2.45) is 0 Å². The summed E-state index contributed by atoms with van der Waals surface area (Å²) < 4.78 is 0. The Kier molecular flexibility index (Phi) is 4.67. The predicted molar refractivity (Wildman–Crippen MR) is 82.7 cm³/mol. The first-order chi connectivity index (χ1) is 9.50. The summed E-state index contributed by atoms with van der Waals surface area (Å²) in [6.07, 6.45) is 6.75. The van der Waals surface area contributed by atoms with Crippen LogP contribution in [0.2, 0.25) is 0 Å². The number of thioether (sulfide) groups is 1. The Morgan fingerprint density at radius 1 is 1.30 bits per heavy atom. The number of amides is 2. The normalized spacial score (nSPS) is 33.4. The molecule has 1 aliphatic carbocycles. The van der Waals surface area contributed by atoms with Crippen LogP contribution >= 0.6 is 11.8 Å². The van der Waals surface area contributed by atoms with E-state index in [4.69, 9.17) is 0 Å². The zero-order valence-corrected chi connectivity index (χ0v) is 13.8. The first-order valence-corrected chi connectivity index (χ1v) is 8.97. The Bertz CT molecular complexity index is 395. The van der Waals surface area contributed by atoms with Gasteiger partial charge in [-0.1, -0.05) is 20.3 Å². The summed E-state index contributed by atoms with van der Waals surface area (Å²) in [6.45, 7) is 5.82. The molecular formula is C15H26N2O2S. The summed E-state index contributed by atoms with van der Waals surface area (Å²) in [5.41, 5.74) is -0.685. The molecule has 5 heteroatoms. The molecule has 1 N–H and O–H groups in total. The Balaban J connectivity index is 2.33. The van der Waals surface area contributed by atoms with Crippen molar-refractivity contribution in [1.29, 1.82) is 0 Å². The van der Waals surface area contributed by atoms with Gasteiger partial charge in [0.25, 0.3) is 0 Å². The molecule has 1 aliphatic heterocycles. The Morgan fingerprint density at radius 3 is 2.50 bits per heavy atom. The van der Waals surface area contributed by atoms with E-state index in [-0.39, 0.29) is 23.9 Å². The lowest BCUT2D eigenvalue weighted by molar-refractivity contribution is -0.157. The van der Waals surface area contributed by atoms with Gasteiger partial charge in [0.1, 0.15) is 11.6 Å². The van der Waals surface area contributed by atoms with E-state index in [2.05, 4.69) is 11.6 Å². The zero-order chi connectivity index (χ0) is 14.9. The van der Waals surface area contributed by atoms with Crippen LogP contribution in [0.15, 0.2) is 0 Å². The van der Waals surface area contributed by atoms with Crippen molar-refractivity contribution in [1.82, 2.24) is 10.2 Å². The van der Waals surface area contributed by atoms with Crippen LogP contribution in [0.3, 0.4) is 0 Å². The molecule has 0 aromatic rings. The molecule has 4 nitrogen and oxygen atoms in total. The van der Waals surface area contributed by atoms with Gasteiger partial charge in [-0.05, 0) is 38.9 Å². The van der Waals surface area contributed by atoms with Crippen LogP contribution < -0.4 is 5.32 Å². The number of piperazine rings is 1. The number of rotatable bonds is 4. The van der Waals surface area contributed by atoms with E-state index < -0.39 is 5.54 Å². The van der Waals surface area contributed by atoms with Crippen LogP contribution in [0.25, 0.3) is 0 Å². The van der Waals surface area contributed by atoms with E-state index in [1.165, 1.54) is 0 Å². The standard InChI is InChI=1S/C15H26N2O2S/c1-5-15(6-2)14(19)17(10(3)13(18)16-15)11-8-7-9-12(11)20-4/h10-12H,5-9H2,1-4H3,(H,16,18). The maximum atomic E-state index is 13.0. The molecule has 2 amide bonds. The monoisotopic (exact) mass is 298 g/mol. The lowest BCUT2D eigenvalue weighted by atomic mass is 9.86. The van der Waals surface area contributed by atoms with Gasteiger partial charge in [0.2, 0.25) is 11.8 Å². The number of hydrogen-bond donors (Lipinski definition) is 1. The van der Waals surface area contributed by atoms with Gasteiger partial charge in [-0.3, -0.25) is 9.59 Å². The molecule has 2 aliphatic rings. The molecule has 0 radical (unpaired) electrons. The SMILES string of the molecule is CCC1(CC)NC(=O)C(C)N(C2CCCC2SC)C1=O. The molecule has 0 aromatic carbocycles. The number of hydrogen-bond acceptors (Lipinski definition) is 3. The minimum absolute atomic E-state index is 0.0000491. The Morgan fingerprint density at radius 2 is 1.95 bits per heavy atom. The molecule has 0 bridgehead atoms. The van der Waals surface area contributed by atoms with E-state index >= 15 is 0 Å². The van der Waals surface area contributed by atoms with Crippen LogP contribution in [0, 0.1) is 0 Å². The molecule has 2 rings (SSSR count). The smallest absolute Gasteiger partial charge is 0.249 e. The van der Waals surface area contributed by atoms with Gasteiger partial charge in [0, 0.05) is 11.3 Å². The molecule has 3 atom stereocenters. The molecule has 3 unspecified atom stereocenters. The van der Waals surface area contributed by atoms with Crippen molar-refractivity contribution in [2.45, 2.75) is 75.7 Å². The second kappa shape index (κ2) is 5.96. The average Bonchev–Trinajstić information content (AvgIpc) is 2.91. The second-order valence-electron chi connectivity index (χ2n) is 5.94. The van der Waals surface area contributed by atoms with Crippen molar-refractivity contribution >= 4 is 23.6 Å². The van der Waals surface area contributed by atoms with Gasteiger partial charge in [-0.2, -0.15) is 11.8 Å². The second-order valence-corrected chi connectivity index (χ2v) is 7.02. The summed E-state index contributed by atoms with van der Waals surface area (Å²) in [7, 11) is 0. The molecule has 0 spiro atoms. The number of nitrogens with zero attached hydrogens (tertiary/aromatic N) is 1. The lowest BCUT2D eigenvalue weighted by Crippen LogP contribution is -2.71. The largest absolute Gasteiger partial charge is 0.340 e. The molecule has 1 saturated heterocycles. The summed E-state index contributed by atoms with van der Waals surface area (Å²) in [4.78, 5) is 27.2. The Hall–Kier alpha value is -0.710. The van der Waals surface area contributed by atoms with Crippen molar-refractivity contribution in [3.8, 4) is 0 Å². The lowest BCUT2D eigenvalue weighted by Gasteiger charge is -2.48. The Labute approximate surface area is 126 Å². The number of nitrogens with one attached hydrogen (secondary N) is 1. The van der Waals surface area contributed by atoms with E-state index in [9.17, 15) is 9.59 Å². The van der Waals surface area contributed by atoms with Crippen LogP contribution in [0.1, 0.15) is 52.9 Å². The molecule has 2 fully saturated rings. The van der Waals surface area contributed by atoms with E-state index in [1.54, 1.807) is 0 Å². The molecule has 20 heavy (non-hydrogen) atoms. The number of carbonyl (C=O) groups excluding carboxylic acids is 2. The summed E-state index contributed by atoms with van der Waals surface area (Å²) in [6, 6.07) is -0.123. The van der Waals surface area contributed by atoms with Crippen molar-refractivity contribution in [2.75, 3.05) is 6.26 Å². The molecule has 0 aromatic heterocycles. The van der Waals surface area contributed by atoms with Gasteiger partial charge in [-0.15, -0.1) is 0 Å². The first kappa shape index (κ1) is 15.7. The average molecular weight is 298 g/mol. The van der Waals surface area contributed by atoms with E-state index in [1.807, 2.05) is 37.4 Å². The van der Waals surface area contributed by atoms with Crippen LogP contribution in [0.4, 0.5) is 0 Å². The zero-order valence-electron chi connectivity index (χ0n) is 12.9. The minimum atomic E-state index is -0.685. The van der Waals surface area contributed by atoms with Crippen molar-refractivity contribution in [3.05, 3.63) is 0 Å². The molecule has 1 saturated carbocycles. The first-order valence-electron chi connectivity index (χ1n) is 7.68. The van der Waals surface area contributed by atoms with Gasteiger partial charge in [-0.25, -0.2) is 0 Å². The molecular weight excluding hydrogens is 272 g/mol. The fraction of sp³-hybridized carbons (Fsp3) is 0.867. The van der Waals surface area contributed by atoms with Gasteiger partial charge < -0.3 is 10.2 Å². The van der Waals surface area contributed by atoms with Gasteiger partial charge in [0.15, 0.2) is 0 Å². The highest BCUT2D eigenvalue weighted by molar-refractivity contribution is 7.99. The fourth-order valence-electron chi connectivity index (χ4n) is 3.61. The van der Waals surface area contributed by atoms with Crippen LogP contribution in [0.5, 0.6) is 0 Å². The van der Waals surface area contributed by atoms with E-state index in [0.717, 1.165) is 19.3 Å². The fourth-order valence-corrected chi connectivity index (χ4v) is 4.59. The highest BCUT2D eigenvalue weighted by Gasteiger charge is 2.51. The summed E-state index contributed by atoms with van der Waals surface area (Å²) in [5, 5.41) is 3.45. The van der Waals surface area contributed by atoms with Crippen molar-refractivity contribution in [3.63, 3.8) is 0 Å². The summed E-state index contributed by atoms with van der Waals surface area (Å²) >= 11 is 1.83. The highest BCUT2D eigenvalue weighted by Crippen LogP contribution is 2.36. The van der Waals surface area contributed by atoms with Gasteiger partial charge in [0.05, 0.1) is 0 Å². The van der Waals surface area contributed by atoms with Crippen LogP contribution in [-0.4, -0.2) is 45.8 Å². The molecule has 1 heterocycles. The maximum Gasteiger partial charge on any atom is 0.249 e. The van der Waals surface area contributed by atoms with Crippen molar-refractivity contribution < 1.29 is 9.59 Å². The third-order valence-electron chi connectivity index (χ3n) is 5.09. The third-order valence-corrected chi connectivity index (χ3v) is 6.24. The van der Waals surface area contributed by atoms with Gasteiger partial charge >= 0.3 is 0 Å². The van der Waals surface area contributed by atoms with E-state index in [0.29, 0.717) is 18.1 Å². The van der Waals surface area contributed by atoms with Crippen LogP contribution in [-0.2, 0) is 9.59 Å². The maximum absolute atomic E-state index is 13.0. The summed E-state index contributed by atoms with van der Waals surface area (Å²) in [5.74, 6) is 0.126. The topological polar surface area (TPSA) is 49.4 Å². The predicted octanol–water partition coefficient (Wildman–Crippen LogP) is 2.18.